The van der Waals surface area contributed by atoms with Gasteiger partial charge in [0.2, 0.25) is 0 Å². The van der Waals surface area contributed by atoms with Crippen molar-refractivity contribution >= 4 is 17.4 Å². The summed E-state index contributed by atoms with van der Waals surface area (Å²) >= 11 is 0. The molecule has 0 unspecified atom stereocenters. The topological polar surface area (TPSA) is 66.9 Å². The molecule has 5 nitrogen and oxygen atoms in total. The van der Waals surface area contributed by atoms with Crippen LogP contribution in [0.2, 0.25) is 0 Å². The molecule has 2 N–H and O–H groups in total. The molecule has 5 heteroatoms. The molecule has 1 heterocycles. The number of aryl methyl sites for hydroxylation is 1. The van der Waals surface area contributed by atoms with Gasteiger partial charge in [-0.3, -0.25) is 4.79 Å². The van der Waals surface area contributed by atoms with Crippen LogP contribution in [0, 0.1) is 6.92 Å². The van der Waals surface area contributed by atoms with Crippen LogP contribution in [0.15, 0.2) is 30.3 Å². The van der Waals surface area contributed by atoms with Crippen molar-refractivity contribution in [2.24, 2.45) is 0 Å². The lowest BCUT2D eigenvalue weighted by atomic mass is 9.86. The molecule has 24 heavy (non-hydrogen) atoms. The highest BCUT2D eigenvalue weighted by Gasteiger charge is 2.25. The minimum absolute atomic E-state index is 0.0118. The van der Waals surface area contributed by atoms with Gasteiger partial charge in [0.25, 0.3) is 5.91 Å². The third-order valence-electron chi connectivity index (χ3n) is 3.98. The predicted octanol–water partition coefficient (Wildman–Crippen LogP) is 3.72. The van der Waals surface area contributed by atoms with Gasteiger partial charge in [-0.25, -0.2) is 9.97 Å². The number of rotatable bonds is 4. The highest BCUT2D eigenvalue weighted by molar-refractivity contribution is 5.93. The van der Waals surface area contributed by atoms with E-state index in [4.69, 9.17) is 0 Å². The van der Waals surface area contributed by atoms with Crippen molar-refractivity contribution in [1.29, 1.82) is 0 Å². The number of carbonyl (C=O) groups excluding carboxylic acids is 1. The lowest BCUT2D eigenvalue weighted by Gasteiger charge is -2.23. The number of anilines is 2. The van der Waals surface area contributed by atoms with E-state index < -0.39 is 0 Å². The van der Waals surface area contributed by atoms with E-state index >= 15 is 0 Å². The standard InChI is InChI=1S/C19H24N4O/c1-12-20-16(18(24)22-13-9-10-13)11-17(21-12)23-15-8-6-5-7-14(15)19(2,3)4/h5-8,11,13H,9-10H2,1-4H3,(H,22,24)(H,20,21,23). The molecule has 0 bridgehead atoms. The third kappa shape index (κ3) is 3.91. The van der Waals surface area contributed by atoms with E-state index in [1.165, 1.54) is 5.56 Å². The third-order valence-corrected chi connectivity index (χ3v) is 3.98. The summed E-state index contributed by atoms with van der Waals surface area (Å²) in [5, 5.41) is 6.32. The average molecular weight is 324 g/mol. The zero-order valence-electron chi connectivity index (χ0n) is 14.7. The summed E-state index contributed by atoms with van der Waals surface area (Å²) in [5.41, 5.74) is 2.62. The van der Waals surface area contributed by atoms with E-state index in [-0.39, 0.29) is 11.3 Å². The van der Waals surface area contributed by atoms with Gasteiger partial charge in [-0.2, -0.15) is 0 Å². The molecule has 0 saturated heterocycles. The van der Waals surface area contributed by atoms with E-state index in [9.17, 15) is 4.79 Å². The van der Waals surface area contributed by atoms with Gasteiger partial charge in [-0.05, 0) is 36.8 Å². The Kier molecular flexibility index (Phi) is 4.26. The van der Waals surface area contributed by atoms with Gasteiger partial charge in [0, 0.05) is 17.8 Å². The van der Waals surface area contributed by atoms with Crippen molar-refractivity contribution in [3.05, 3.63) is 47.4 Å². The Morgan fingerprint density at radius 2 is 1.88 bits per heavy atom. The number of hydrogen-bond donors (Lipinski definition) is 2. The quantitative estimate of drug-likeness (QED) is 0.899. The van der Waals surface area contributed by atoms with Crippen LogP contribution in [-0.2, 0) is 5.41 Å². The molecule has 0 spiro atoms. The van der Waals surface area contributed by atoms with Crippen molar-refractivity contribution in [3.63, 3.8) is 0 Å². The van der Waals surface area contributed by atoms with Crippen molar-refractivity contribution < 1.29 is 4.79 Å². The second-order valence-electron chi connectivity index (χ2n) is 7.35. The number of nitrogens with zero attached hydrogens (tertiary/aromatic N) is 2. The molecule has 1 aliphatic rings. The van der Waals surface area contributed by atoms with Crippen molar-refractivity contribution in [3.8, 4) is 0 Å². The van der Waals surface area contributed by atoms with Gasteiger partial charge in [0.05, 0.1) is 0 Å². The molecule has 1 aromatic carbocycles. The minimum atomic E-state index is -0.129. The highest BCUT2D eigenvalue weighted by atomic mass is 16.2. The van der Waals surface area contributed by atoms with Crippen LogP contribution in [0.3, 0.4) is 0 Å². The Hall–Kier alpha value is -2.43. The molecule has 2 aromatic rings. The number of amides is 1. The Bertz CT molecular complexity index is 760. The van der Waals surface area contributed by atoms with Crippen molar-refractivity contribution in [1.82, 2.24) is 15.3 Å². The molecule has 1 fully saturated rings. The summed E-state index contributed by atoms with van der Waals surface area (Å²) in [5.74, 6) is 1.09. The maximum absolute atomic E-state index is 12.2. The first kappa shape index (κ1) is 16.4. The molecular formula is C19H24N4O. The van der Waals surface area contributed by atoms with Gasteiger partial charge in [0.15, 0.2) is 0 Å². The highest BCUT2D eigenvalue weighted by Crippen LogP contribution is 2.31. The molecule has 1 aliphatic carbocycles. The zero-order valence-corrected chi connectivity index (χ0v) is 14.7. The minimum Gasteiger partial charge on any atom is -0.348 e. The van der Waals surface area contributed by atoms with Gasteiger partial charge >= 0.3 is 0 Å². The molecule has 1 saturated carbocycles. The molecular weight excluding hydrogens is 300 g/mol. The number of aromatic nitrogens is 2. The molecule has 0 radical (unpaired) electrons. The second-order valence-corrected chi connectivity index (χ2v) is 7.35. The fourth-order valence-corrected chi connectivity index (χ4v) is 2.62. The first-order valence-electron chi connectivity index (χ1n) is 8.36. The monoisotopic (exact) mass is 324 g/mol. The Morgan fingerprint density at radius 1 is 1.17 bits per heavy atom. The summed E-state index contributed by atoms with van der Waals surface area (Å²) < 4.78 is 0. The number of hydrogen-bond acceptors (Lipinski definition) is 4. The maximum Gasteiger partial charge on any atom is 0.270 e. The normalized spacial score (nSPS) is 14.3. The number of para-hydroxylation sites is 1. The molecule has 1 aromatic heterocycles. The Balaban J connectivity index is 1.88. The second kappa shape index (κ2) is 6.23. The van der Waals surface area contributed by atoms with E-state index in [1.807, 2.05) is 18.2 Å². The van der Waals surface area contributed by atoms with E-state index in [2.05, 4.69) is 47.4 Å². The lowest BCUT2D eigenvalue weighted by Crippen LogP contribution is -2.26. The molecule has 1 amide bonds. The molecule has 3 rings (SSSR count). The average Bonchev–Trinajstić information content (AvgIpc) is 3.30. The SMILES string of the molecule is Cc1nc(Nc2ccccc2C(C)(C)C)cc(C(=O)NC2CC2)n1. The fraction of sp³-hybridized carbons (Fsp3) is 0.421. The van der Waals surface area contributed by atoms with Gasteiger partial charge in [0.1, 0.15) is 17.3 Å². The summed E-state index contributed by atoms with van der Waals surface area (Å²) in [7, 11) is 0. The summed E-state index contributed by atoms with van der Waals surface area (Å²) in [6.45, 7) is 8.32. The summed E-state index contributed by atoms with van der Waals surface area (Å²) in [4.78, 5) is 20.9. The van der Waals surface area contributed by atoms with E-state index in [1.54, 1.807) is 13.0 Å². The fourth-order valence-electron chi connectivity index (χ4n) is 2.62. The molecule has 0 atom stereocenters. The van der Waals surface area contributed by atoms with E-state index in [0.717, 1.165) is 18.5 Å². The number of carbonyl (C=O) groups is 1. The summed E-state index contributed by atoms with van der Waals surface area (Å²) in [6, 6.07) is 10.2. The number of nitrogens with one attached hydrogen (secondary N) is 2. The molecule has 126 valence electrons. The van der Waals surface area contributed by atoms with Gasteiger partial charge < -0.3 is 10.6 Å². The van der Waals surface area contributed by atoms with Gasteiger partial charge in [-0.1, -0.05) is 39.0 Å². The Labute approximate surface area is 142 Å². The van der Waals surface area contributed by atoms with Crippen LogP contribution < -0.4 is 10.6 Å². The number of benzene rings is 1. The zero-order chi connectivity index (χ0) is 17.3. The van der Waals surface area contributed by atoms with Crippen molar-refractivity contribution in [2.45, 2.75) is 52.0 Å². The lowest BCUT2D eigenvalue weighted by molar-refractivity contribution is 0.0945. The van der Waals surface area contributed by atoms with Crippen LogP contribution >= 0.6 is 0 Å². The predicted molar refractivity (Wildman–Crippen MR) is 95.7 cm³/mol. The van der Waals surface area contributed by atoms with Crippen molar-refractivity contribution in [2.75, 3.05) is 5.32 Å². The van der Waals surface area contributed by atoms with Crippen LogP contribution in [0.1, 0.15) is 55.5 Å². The largest absolute Gasteiger partial charge is 0.348 e. The van der Waals surface area contributed by atoms with E-state index in [0.29, 0.717) is 23.4 Å². The first-order valence-corrected chi connectivity index (χ1v) is 8.36. The molecule has 0 aliphatic heterocycles. The first-order chi connectivity index (χ1) is 11.3. The van der Waals surface area contributed by atoms with Crippen LogP contribution in [0.5, 0.6) is 0 Å². The maximum atomic E-state index is 12.2. The van der Waals surface area contributed by atoms with Crippen LogP contribution in [0.4, 0.5) is 11.5 Å². The van der Waals surface area contributed by atoms with Gasteiger partial charge in [-0.15, -0.1) is 0 Å². The van der Waals surface area contributed by atoms with Crippen LogP contribution in [-0.4, -0.2) is 21.9 Å². The Morgan fingerprint density at radius 3 is 2.54 bits per heavy atom. The van der Waals surface area contributed by atoms with Crippen LogP contribution in [0.25, 0.3) is 0 Å². The smallest absolute Gasteiger partial charge is 0.270 e. The summed E-state index contributed by atoms with van der Waals surface area (Å²) in [6.07, 6.45) is 2.11.